The summed E-state index contributed by atoms with van der Waals surface area (Å²) in [4.78, 5) is 0. The SMILES string of the molecule is Cc1cccc(C(CCc2ccnn2C)CNC2CC2)c1. The quantitative estimate of drug-likeness (QED) is 0.845. The molecule has 0 aliphatic heterocycles. The molecule has 3 heteroatoms. The van der Waals surface area contributed by atoms with Crippen LogP contribution in [0.3, 0.4) is 0 Å². The van der Waals surface area contributed by atoms with E-state index in [-0.39, 0.29) is 0 Å². The largest absolute Gasteiger partial charge is 0.313 e. The molecule has 1 aromatic carbocycles. The van der Waals surface area contributed by atoms with Crippen molar-refractivity contribution in [1.29, 1.82) is 0 Å². The fourth-order valence-corrected chi connectivity index (χ4v) is 2.88. The van der Waals surface area contributed by atoms with Crippen LogP contribution < -0.4 is 5.32 Å². The molecular weight excluding hydrogens is 258 g/mol. The summed E-state index contributed by atoms with van der Waals surface area (Å²) in [6, 6.07) is 11.9. The van der Waals surface area contributed by atoms with Crippen LogP contribution in [0.1, 0.15) is 42.0 Å². The molecule has 0 radical (unpaired) electrons. The summed E-state index contributed by atoms with van der Waals surface area (Å²) in [6.07, 6.45) is 6.84. The van der Waals surface area contributed by atoms with Crippen molar-refractivity contribution >= 4 is 0 Å². The van der Waals surface area contributed by atoms with Crippen molar-refractivity contribution < 1.29 is 0 Å². The fraction of sp³-hybridized carbons (Fsp3) is 0.500. The Hall–Kier alpha value is -1.61. The van der Waals surface area contributed by atoms with Crippen molar-refractivity contribution in [2.45, 2.75) is 44.6 Å². The second-order valence-electron chi connectivity index (χ2n) is 6.28. The summed E-state index contributed by atoms with van der Waals surface area (Å²) >= 11 is 0. The lowest BCUT2D eigenvalue weighted by Crippen LogP contribution is -2.24. The predicted molar refractivity (Wildman–Crippen MR) is 86.5 cm³/mol. The van der Waals surface area contributed by atoms with Crippen molar-refractivity contribution in [3.8, 4) is 0 Å². The zero-order valence-corrected chi connectivity index (χ0v) is 13.0. The normalized spacial score (nSPS) is 16.1. The van der Waals surface area contributed by atoms with Crippen LogP contribution in [-0.4, -0.2) is 22.4 Å². The average Bonchev–Trinajstić information content (AvgIpc) is 3.21. The highest BCUT2D eigenvalue weighted by Crippen LogP contribution is 2.25. The van der Waals surface area contributed by atoms with Crippen LogP contribution in [0.15, 0.2) is 36.5 Å². The Labute approximate surface area is 127 Å². The molecule has 3 nitrogen and oxygen atoms in total. The molecule has 3 rings (SSSR count). The smallest absolute Gasteiger partial charge is 0.0492 e. The lowest BCUT2D eigenvalue weighted by Gasteiger charge is -2.19. The lowest BCUT2D eigenvalue weighted by atomic mass is 9.92. The van der Waals surface area contributed by atoms with Gasteiger partial charge in [-0.2, -0.15) is 5.10 Å². The van der Waals surface area contributed by atoms with Gasteiger partial charge in [-0.3, -0.25) is 4.68 Å². The minimum atomic E-state index is 0.584. The topological polar surface area (TPSA) is 29.9 Å². The first-order valence-electron chi connectivity index (χ1n) is 7.99. The standard InChI is InChI=1S/C18H25N3/c1-14-4-3-5-15(12-14)16(13-19-17-7-8-17)6-9-18-10-11-20-21(18)2/h3-5,10-12,16-17,19H,6-9,13H2,1-2H3. The predicted octanol–water partition coefficient (Wildman–Crippen LogP) is 3.20. The van der Waals surface area contributed by atoms with Gasteiger partial charge in [0.15, 0.2) is 0 Å². The third kappa shape index (κ3) is 3.94. The van der Waals surface area contributed by atoms with Gasteiger partial charge in [0.2, 0.25) is 0 Å². The van der Waals surface area contributed by atoms with E-state index in [2.05, 4.69) is 47.7 Å². The minimum absolute atomic E-state index is 0.584. The third-order valence-corrected chi connectivity index (χ3v) is 4.42. The van der Waals surface area contributed by atoms with E-state index < -0.39 is 0 Å². The van der Waals surface area contributed by atoms with Gasteiger partial charge in [0.1, 0.15) is 0 Å². The minimum Gasteiger partial charge on any atom is -0.313 e. The maximum absolute atomic E-state index is 4.27. The number of nitrogens with zero attached hydrogens (tertiary/aromatic N) is 2. The summed E-state index contributed by atoms with van der Waals surface area (Å²) in [7, 11) is 2.03. The molecule has 112 valence electrons. The Kier molecular flexibility index (Phi) is 4.39. The Bertz CT molecular complexity index is 584. The molecule has 1 fully saturated rings. The van der Waals surface area contributed by atoms with Gasteiger partial charge < -0.3 is 5.32 Å². The van der Waals surface area contributed by atoms with Gasteiger partial charge in [-0.25, -0.2) is 0 Å². The van der Waals surface area contributed by atoms with Gasteiger partial charge in [-0.15, -0.1) is 0 Å². The van der Waals surface area contributed by atoms with Crippen LogP contribution in [0.5, 0.6) is 0 Å². The maximum atomic E-state index is 4.27. The van der Waals surface area contributed by atoms with Crippen LogP contribution in [-0.2, 0) is 13.5 Å². The van der Waals surface area contributed by atoms with Crippen molar-refractivity contribution in [1.82, 2.24) is 15.1 Å². The highest BCUT2D eigenvalue weighted by Gasteiger charge is 2.22. The molecule has 1 heterocycles. The monoisotopic (exact) mass is 283 g/mol. The molecule has 0 saturated heterocycles. The van der Waals surface area contributed by atoms with E-state index in [0.29, 0.717) is 5.92 Å². The van der Waals surface area contributed by atoms with Crippen LogP contribution in [0.25, 0.3) is 0 Å². The molecule has 2 aromatic rings. The molecule has 1 aromatic heterocycles. The van der Waals surface area contributed by atoms with Crippen LogP contribution in [0.2, 0.25) is 0 Å². The van der Waals surface area contributed by atoms with E-state index in [0.717, 1.165) is 19.0 Å². The molecule has 1 aliphatic rings. The van der Waals surface area contributed by atoms with Gasteiger partial charge in [0.25, 0.3) is 0 Å². The second kappa shape index (κ2) is 6.44. The first-order valence-corrected chi connectivity index (χ1v) is 7.99. The molecule has 1 unspecified atom stereocenters. The van der Waals surface area contributed by atoms with E-state index in [9.17, 15) is 0 Å². The number of aryl methyl sites for hydroxylation is 3. The van der Waals surface area contributed by atoms with E-state index in [1.54, 1.807) is 0 Å². The van der Waals surface area contributed by atoms with Crippen molar-refractivity contribution in [3.63, 3.8) is 0 Å². The Morgan fingerprint density at radius 3 is 2.86 bits per heavy atom. The molecule has 1 N–H and O–H groups in total. The van der Waals surface area contributed by atoms with E-state index in [1.807, 2.05) is 17.9 Å². The van der Waals surface area contributed by atoms with Gasteiger partial charge in [-0.05, 0) is 50.2 Å². The van der Waals surface area contributed by atoms with Gasteiger partial charge in [-0.1, -0.05) is 29.8 Å². The first-order chi connectivity index (χ1) is 10.2. The van der Waals surface area contributed by atoms with Crippen molar-refractivity contribution in [3.05, 3.63) is 53.3 Å². The molecular formula is C18H25N3. The molecule has 21 heavy (non-hydrogen) atoms. The lowest BCUT2D eigenvalue weighted by molar-refractivity contribution is 0.537. The number of hydrogen-bond acceptors (Lipinski definition) is 2. The van der Waals surface area contributed by atoms with Crippen molar-refractivity contribution in [2.24, 2.45) is 7.05 Å². The number of hydrogen-bond donors (Lipinski definition) is 1. The summed E-state index contributed by atoms with van der Waals surface area (Å²) < 4.78 is 1.99. The Balaban J connectivity index is 1.67. The number of rotatable bonds is 7. The van der Waals surface area contributed by atoms with E-state index in [1.165, 1.54) is 36.1 Å². The fourth-order valence-electron chi connectivity index (χ4n) is 2.88. The molecule has 1 atom stereocenters. The zero-order valence-electron chi connectivity index (χ0n) is 13.0. The molecule has 0 spiro atoms. The van der Waals surface area contributed by atoms with Gasteiger partial charge >= 0.3 is 0 Å². The summed E-state index contributed by atoms with van der Waals surface area (Å²) in [6.45, 7) is 3.27. The summed E-state index contributed by atoms with van der Waals surface area (Å²) in [5.74, 6) is 0.584. The Morgan fingerprint density at radius 1 is 1.33 bits per heavy atom. The van der Waals surface area contributed by atoms with E-state index in [4.69, 9.17) is 0 Å². The molecule has 0 amide bonds. The Morgan fingerprint density at radius 2 is 2.19 bits per heavy atom. The highest BCUT2D eigenvalue weighted by molar-refractivity contribution is 5.26. The second-order valence-corrected chi connectivity index (χ2v) is 6.28. The zero-order chi connectivity index (χ0) is 14.7. The average molecular weight is 283 g/mol. The van der Waals surface area contributed by atoms with Crippen molar-refractivity contribution in [2.75, 3.05) is 6.54 Å². The van der Waals surface area contributed by atoms with Crippen LogP contribution in [0, 0.1) is 6.92 Å². The highest BCUT2D eigenvalue weighted by atomic mass is 15.2. The van der Waals surface area contributed by atoms with Crippen LogP contribution >= 0.6 is 0 Å². The summed E-state index contributed by atoms with van der Waals surface area (Å²) in [5, 5.41) is 7.96. The molecule has 1 aliphatic carbocycles. The number of aromatic nitrogens is 2. The number of benzene rings is 1. The van der Waals surface area contributed by atoms with Gasteiger partial charge in [0.05, 0.1) is 0 Å². The van der Waals surface area contributed by atoms with Crippen LogP contribution in [0.4, 0.5) is 0 Å². The maximum Gasteiger partial charge on any atom is 0.0492 e. The van der Waals surface area contributed by atoms with Gasteiger partial charge in [0, 0.05) is 31.5 Å². The molecule has 0 bridgehead atoms. The first kappa shape index (κ1) is 14.3. The summed E-state index contributed by atoms with van der Waals surface area (Å²) in [5.41, 5.74) is 4.13. The number of nitrogens with one attached hydrogen (secondary N) is 1. The van der Waals surface area contributed by atoms with E-state index >= 15 is 0 Å². The third-order valence-electron chi connectivity index (χ3n) is 4.42. The molecule has 1 saturated carbocycles.